The van der Waals surface area contributed by atoms with Gasteiger partial charge in [0, 0.05) is 25.0 Å². The number of amides is 1. The van der Waals surface area contributed by atoms with Crippen molar-refractivity contribution >= 4 is 17.5 Å². The Morgan fingerprint density at radius 3 is 2.54 bits per heavy atom. The van der Waals surface area contributed by atoms with Gasteiger partial charge in [0.2, 0.25) is 5.82 Å². The summed E-state index contributed by atoms with van der Waals surface area (Å²) in [6.45, 7) is 3.46. The average Bonchev–Trinajstić information content (AvgIpc) is 3.40. The van der Waals surface area contributed by atoms with Gasteiger partial charge in [0.25, 0.3) is 5.91 Å². The van der Waals surface area contributed by atoms with E-state index >= 15 is 0 Å². The summed E-state index contributed by atoms with van der Waals surface area (Å²) in [6, 6.07) is 7.71. The molecule has 138 valence electrons. The highest BCUT2D eigenvalue weighted by Gasteiger charge is 2.34. The lowest BCUT2D eigenvalue weighted by molar-refractivity contribution is 0.0668. The largest absolute Gasteiger partial charge is 0.336 e. The molecule has 1 amide bonds. The molecule has 2 aliphatic rings. The molecule has 1 atom stereocenters. The summed E-state index contributed by atoms with van der Waals surface area (Å²) in [7, 11) is 0. The van der Waals surface area contributed by atoms with Crippen molar-refractivity contribution in [2.24, 2.45) is 11.7 Å². The van der Waals surface area contributed by atoms with Crippen molar-refractivity contribution < 1.29 is 4.79 Å². The van der Waals surface area contributed by atoms with Crippen molar-refractivity contribution in [1.29, 1.82) is 0 Å². The van der Waals surface area contributed by atoms with E-state index in [-0.39, 0.29) is 17.8 Å². The Labute approximate surface area is 158 Å². The number of nitrogens with two attached hydrogens (primary N) is 1. The smallest absolute Gasteiger partial charge is 0.293 e. The molecule has 2 aromatic rings. The number of rotatable bonds is 4. The van der Waals surface area contributed by atoms with Gasteiger partial charge in [0.15, 0.2) is 0 Å². The highest BCUT2D eigenvalue weighted by Crippen LogP contribution is 2.40. The van der Waals surface area contributed by atoms with Gasteiger partial charge in [-0.25, -0.2) is 9.67 Å². The van der Waals surface area contributed by atoms with Crippen LogP contribution in [0.3, 0.4) is 0 Å². The summed E-state index contributed by atoms with van der Waals surface area (Å²) >= 11 is 6.34. The van der Waals surface area contributed by atoms with E-state index in [1.165, 1.54) is 0 Å². The van der Waals surface area contributed by atoms with Crippen LogP contribution < -0.4 is 5.73 Å². The van der Waals surface area contributed by atoms with Gasteiger partial charge in [0.05, 0.1) is 10.7 Å². The van der Waals surface area contributed by atoms with Crippen molar-refractivity contribution in [3.8, 4) is 5.69 Å². The van der Waals surface area contributed by atoms with Crippen molar-refractivity contribution in [3.05, 3.63) is 40.9 Å². The highest BCUT2D eigenvalue weighted by molar-refractivity contribution is 6.32. The van der Waals surface area contributed by atoms with Crippen molar-refractivity contribution in [2.75, 3.05) is 13.1 Å². The lowest BCUT2D eigenvalue weighted by atomic mass is 9.91. The molecular weight excluding hydrogens is 350 g/mol. The second-order valence-corrected chi connectivity index (χ2v) is 7.83. The minimum absolute atomic E-state index is 0.0965. The van der Waals surface area contributed by atoms with Crippen molar-refractivity contribution in [3.63, 3.8) is 0 Å². The van der Waals surface area contributed by atoms with Gasteiger partial charge in [-0.2, -0.15) is 0 Å². The van der Waals surface area contributed by atoms with Crippen LogP contribution >= 0.6 is 11.6 Å². The standard InChI is InChI=1S/C19H24ClN5O/c1-12(21)13-8-10-24(11-9-13)19(26)17-22-18(14-6-7-14)25(23-17)16-5-3-2-4-15(16)20/h2-5,12-14H,6-11,21H2,1H3. The third-order valence-corrected chi connectivity index (χ3v) is 5.74. The first-order valence-corrected chi connectivity index (χ1v) is 9.69. The average molecular weight is 374 g/mol. The third kappa shape index (κ3) is 3.35. The zero-order valence-electron chi connectivity index (χ0n) is 14.9. The van der Waals surface area contributed by atoms with Gasteiger partial charge in [-0.15, -0.1) is 5.10 Å². The zero-order chi connectivity index (χ0) is 18.3. The number of para-hydroxylation sites is 1. The summed E-state index contributed by atoms with van der Waals surface area (Å²) in [5, 5.41) is 5.14. The van der Waals surface area contributed by atoms with Crippen LogP contribution in [-0.4, -0.2) is 44.7 Å². The summed E-state index contributed by atoms with van der Waals surface area (Å²) < 4.78 is 1.75. The molecule has 0 radical (unpaired) electrons. The Morgan fingerprint density at radius 2 is 1.92 bits per heavy atom. The van der Waals surface area contributed by atoms with E-state index in [0.29, 0.717) is 29.9 Å². The van der Waals surface area contributed by atoms with E-state index in [0.717, 1.165) is 37.2 Å². The fourth-order valence-electron chi connectivity index (χ4n) is 3.59. The molecule has 1 saturated heterocycles. The minimum atomic E-state index is -0.0965. The van der Waals surface area contributed by atoms with Crippen LogP contribution in [0.4, 0.5) is 0 Å². The van der Waals surface area contributed by atoms with Crippen LogP contribution in [-0.2, 0) is 0 Å². The van der Waals surface area contributed by atoms with Crippen LogP contribution in [0.5, 0.6) is 0 Å². The van der Waals surface area contributed by atoms with E-state index in [4.69, 9.17) is 17.3 Å². The zero-order valence-corrected chi connectivity index (χ0v) is 15.7. The van der Waals surface area contributed by atoms with E-state index < -0.39 is 0 Å². The quantitative estimate of drug-likeness (QED) is 0.893. The molecule has 2 fully saturated rings. The van der Waals surface area contributed by atoms with Crippen LogP contribution in [0.2, 0.25) is 5.02 Å². The Balaban J connectivity index is 1.59. The molecule has 7 heteroatoms. The molecule has 0 spiro atoms. The molecule has 1 aliphatic heterocycles. The predicted octanol–water partition coefficient (Wildman–Crippen LogP) is 3.00. The molecule has 6 nitrogen and oxygen atoms in total. The number of piperidine rings is 1. The number of nitrogens with zero attached hydrogens (tertiary/aromatic N) is 4. The van der Waals surface area contributed by atoms with Crippen molar-refractivity contribution in [2.45, 2.75) is 44.6 Å². The Bertz CT molecular complexity index is 806. The Morgan fingerprint density at radius 1 is 1.23 bits per heavy atom. The molecule has 26 heavy (non-hydrogen) atoms. The number of halogens is 1. The lowest BCUT2D eigenvalue weighted by Gasteiger charge is -2.33. The van der Waals surface area contributed by atoms with Gasteiger partial charge >= 0.3 is 0 Å². The molecule has 2 N–H and O–H groups in total. The first-order chi connectivity index (χ1) is 12.5. The molecule has 1 unspecified atom stereocenters. The maximum Gasteiger partial charge on any atom is 0.293 e. The molecule has 1 aliphatic carbocycles. The SMILES string of the molecule is CC(N)C1CCN(C(=O)c2nc(C3CC3)n(-c3ccccc3Cl)n2)CC1. The number of hydrogen-bond acceptors (Lipinski definition) is 4. The number of carbonyl (C=O) groups excluding carboxylic acids is 1. The van der Waals surface area contributed by atoms with Crippen molar-refractivity contribution in [1.82, 2.24) is 19.7 Å². The van der Waals surface area contributed by atoms with Gasteiger partial charge in [0.1, 0.15) is 5.82 Å². The molecular formula is C19H24ClN5O. The topological polar surface area (TPSA) is 77.0 Å². The predicted molar refractivity (Wildman–Crippen MR) is 101 cm³/mol. The third-order valence-electron chi connectivity index (χ3n) is 5.42. The Kier molecular flexibility index (Phi) is 4.71. The monoisotopic (exact) mass is 373 g/mol. The van der Waals surface area contributed by atoms with Gasteiger partial charge < -0.3 is 10.6 Å². The van der Waals surface area contributed by atoms with Crippen LogP contribution in [0.25, 0.3) is 5.69 Å². The Hall–Kier alpha value is -1.92. The number of hydrogen-bond donors (Lipinski definition) is 1. The van der Waals surface area contributed by atoms with Gasteiger partial charge in [-0.1, -0.05) is 23.7 Å². The first-order valence-electron chi connectivity index (χ1n) is 9.31. The van der Waals surface area contributed by atoms with E-state index in [1.54, 1.807) is 4.68 Å². The molecule has 1 aromatic heterocycles. The van der Waals surface area contributed by atoms with E-state index in [2.05, 4.69) is 10.1 Å². The summed E-state index contributed by atoms with van der Waals surface area (Å²) in [4.78, 5) is 19.4. The molecule has 0 bridgehead atoms. The second-order valence-electron chi connectivity index (χ2n) is 7.42. The fourth-order valence-corrected chi connectivity index (χ4v) is 3.81. The normalized spacial score (nSPS) is 19.6. The fraction of sp³-hybridized carbons (Fsp3) is 0.526. The molecule has 4 rings (SSSR count). The number of likely N-dealkylation sites (tertiary alicyclic amines) is 1. The summed E-state index contributed by atoms with van der Waals surface area (Å²) in [6.07, 6.45) is 4.03. The maximum atomic E-state index is 12.9. The van der Waals surface area contributed by atoms with E-state index in [9.17, 15) is 4.79 Å². The minimum Gasteiger partial charge on any atom is -0.336 e. The second kappa shape index (κ2) is 7.00. The van der Waals surface area contributed by atoms with Crippen LogP contribution in [0, 0.1) is 5.92 Å². The van der Waals surface area contributed by atoms with Gasteiger partial charge in [-0.05, 0) is 50.7 Å². The molecule has 1 saturated carbocycles. The number of aromatic nitrogens is 3. The number of carbonyl (C=O) groups is 1. The van der Waals surface area contributed by atoms with Crippen LogP contribution in [0.15, 0.2) is 24.3 Å². The molecule has 2 heterocycles. The van der Waals surface area contributed by atoms with E-state index in [1.807, 2.05) is 36.1 Å². The van der Waals surface area contributed by atoms with Crippen LogP contribution in [0.1, 0.15) is 55.0 Å². The summed E-state index contributed by atoms with van der Waals surface area (Å²) in [5.74, 6) is 1.86. The number of benzene rings is 1. The lowest BCUT2D eigenvalue weighted by Crippen LogP contribution is -2.42. The highest BCUT2D eigenvalue weighted by atomic mass is 35.5. The molecule has 1 aromatic carbocycles. The first kappa shape index (κ1) is 17.5. The maximum absolute atomic E-state index is 12.9. The summed E-state index contributed by atoms with van der Waals surface area (Å²) in [5.41, 5.74) is 6.77. The van der Waals surface area contributed by atoms with Gasteiger partial charge in [-0.3, -0.25) is 4.79 Å².